The molecular weight excluding hydrogens is 249 g/mol. The molecule has 88 valence electrons. The molecule has 0 radical (unpaired) electrons. The second-order valence-corrected chi connectivity index (χ2v) is 4.39. The predicted octanol–water partition coefficient (Wildman–Crippen LogP) is 4.69. The molecule has 0 fully saturated rings. The average molecular weight is 258 g/mol. The molecule has 1 aromatic heterocycles. The highest BCUT2D eigenvalue weighted by Gasteiger charge is 2.07. The van der Waals surface area contributed by atoms with Gasteiger partial charge in [0.2, 0.25) is 0 Å². The molecule has 0 bridgehead atoms. The minimum atomic E-state index is -0.273. The normalized spacial score (nSPS) is 10.8. The fourth-order valence-corrected chi connectivity index (χ4v) is 2.20. The fourth-order valence-electron chi connectivity index (χ4n) is 1.94. The Morgan fingerprint density at radius 3 is 2.50 bits per heavy atom. The van der Waals surface area contributed by atoms with Crippen LogP contribution in [0.3, 0.4) is 0 Å². The molecule has 0 amide bonds. The molecule has 0 aliphatic rings. The van der Waals surface area contributed by atoms with E-state index in [-0.39, 0.29) is 5.82 Å². The van der Waals surface area contributed by atoms with E-state index in [1.807, 2.05) is 36.4 Å². The summed E-state index contributed by atoms with van der Waals surface area (Å²) in [6, 6.07) is 16.0. The van der Waals surface area contributed by atoms with Crippen molar-refractivity contribution >= 4 is 22.5 Å². The molecule has 0 saturated carbocycles. The van der Waals surface area contributed by atoms with Gasteiger partial charge in [-0.05, 0) is 29.8 Å². The molecule has 0 aliphatic carbocycles. The van der Waals surface area contributed by atoms with Gasteiger partial charge in [0, 0.05) is 10.9 Å². The topological polar surface area (TPSA) is 12.9 Å². The number of fused-ring (bicyclic) bond motifs is 1. The highest BCUT2D eigenvalue weighted by molar-refractivity contribution is 6.32. The number of pyridine rings is 1. The third-order valence-corrected chi connectivity index (χ3v) is 3.10. The number of nitrogens with zero attached hydrogens (tertiary/aromatic N) is 1. The van der Waals surface area contributed by atoms with E-state index in [9.17, 15) is 4.39 Å². The van der Waals surface area contributed by atoms with Gasteiger partial charge in [-0.25, -0.2) is 9.37 Å². The van der Waals surface area contributed by atoms with Crippen molar-refractivity contribution in [2.75, 3.05) is 0 Å². The van der Waals surface area contributed by atoms with E-state index in [1.54, 1.807) is 6.07 Å². The summed E-state index contributed by atoms with van der Waals surface area (Å²) >= 11 is 6.17. The summed E-state index contributed by atoms with van der Waals surface area (Å²) in [5.74, 6) is -0.273. The summed E-state index contributed by atoms with van der Waals surface area (Å²) in [6.45, 7) is 0. The van der Waals surface area contributed by atoms with Crippen LogP contribution < -0.4 is 0 Å². The molecule has 0 aliphatic heterocycles. The molecule has 0 N–H and O–H groups in total. The first kappa shape index (κ1) is 11.2. The number of aromatic nitrogens is 1. The van der Waals surface area contributed by atoms with Gasteiger partial charge in [-0.1, -0.05) is 41.9 Å². The van der Waals surface area contributed by atoms with Crippen molar-refractivity contribution < 1.29 is 4.39 Å². The maximum atomic E-state index is 13.2. The van der Waals surface area contributed by atoms with E-state index >= 15 is 0 Å². The molecule has 18 heavy (non-hydrogen) atoms. The smallest absolute Gasteiger partial charge is 0.137 e. The molecule has 1 heterocycles. The first-order valence-electron chi connectivity index (χ1n) is 5.55. The summed E-state index contributed by atoms with van der Waals surface area (Å²) in [7, 11) is 0. The SMILES string of the molecule is Fc1ccc2nc(Cl)c(-c3ccccc3)cc2c1. The van der Waals surface area contributed by atoms with Crippen molar-refractivity contribution in [3.05, 3.63) is 65.6 Å². The van der Waals surface area contributed by atoms with E-state index in [2.05, 4.69) is 4.98 Å². The summed E-state index contributed by atoms with van der Waals surface area (Å²) in [4.78, 5) is 4.29. The van der Waals surface area contributed by atoms with Gasteiger partial charge in [0.05, 0.1) is 5.52 Å². The van der Waals surface area contributed by atoms with Crippen molar-refractivity contribution in [1.29, 1.82) is 0 Å². The lowest BCUT2D eigenvalue weighted by molar-refractivity contribution is 0.629. The van der Waals surface area contributed by atoms with Crippen LogP contribution >= 0.6 is 11.6 Å². The van der Waals surface area contributed by atoms with Crippen molar-refractivity contribution in [2.24, 2.45) is 0 Å². The molecule has 2 aromatic carbocycles. The zero-order chi connectivity index (χ0) is 12.5. The van der Waals surface area contributed by atoms with Crippen LogP contribution in [-0.4, -0.2) is 4.98 Å². The first-order chi connectivity index (χ1) is 8.74. The molecule has 0 saturated heterocycles. The highest BCUT2D eigenvalue weighted by Crippen LogP contribution is 2.29. The minimum Gasteiger partial charge on any atom is -0.235 e. The van der Waals surface area contributed by atoms with Crippen molar-refractivity contribution in [3.8, 4) is 11.1 Å². The van der Waals surface area contributed by atoms with Crippen LogP contribution in [-0.2, 0) is 0 Å². The van der Waals surface area contributed by atoms with Crippen LogP contribution in [0.1, 0.15) is 0 Å². The molecule has 3 aromatic rings. The molecule has 0 spiro atoms. The van der Waals surface area contributed by atoms with E-state index in [4.69, 9.17) is 11.6 Å². The Morgan fingerprint density at radius 1 is 0.944 bits per heavy atom. The summed E-state index contributed by atoms with van der Waals surface area (Å²) in [5, 5.41) is 1.18. The Labute approximate surface area is 109 Å². The summed E-state index contributed by atoms with van der Waals surface area (Å²) < 4.78 is 13.2. The second kappa shape index (κ2) is 4.39. The van der Waals surface area contributed by atoms with Gasteiger partial charge in [-0.2, -0.15) is 0 Å². The molecule has 0 unspecified atom stereocenters. The monoisotopic (exact) mass is 257 g/mol. The number of rotatable bonds is 1. The van der Waals surface area contributed by atoms with Crippen molar-refractivity contribution in [2.45, 2.75) is 0 Å². The third kappa shape index (κ3) is 1.95. The third-order valence-electron chi connectivity index (χ3n) is 2.82. The summed E-state index contributed by atoms with van der Waals surface area (Å²) in [6.07, 6.45) is 0. The van der Waals surface area contributed by atoms with Crippen molar-refractivity contribution in [3.63, 3.8) is 0 Å². The van der Waals surface area contributed by atoms with Gasteiger partial charge in [-0.3, -0.25) is 0 Å². The van der Waals surface area contributed by atoms with Crippen LogP contribution in [0.25, 0.3) is 22.0 Å². The maximum Gasteiger partial charge on any atom is 0.137 e. The molecular formula is C15H9ClFN. The largest absolute Gasteiger partial charge is 0.235 e. The zero-order valence-corrected chi connectivity index (χ0v) is 10.2. The van der Waals surface area contributed by atoms with E-state index < -0.39 is 0 Å². The van der Waals surface area contributed by atoms with E-state index in [0.29, 0.717) is 10.7 Å². The minimum absolute atomic E-state index is 0.273. The van der Waals surface area contributed by atoms with Gasteiger partial charge in [0.15, 0.2) is 0 Å². The van der Waals surface area contributed by atoms with E-state index in [0.717, 1.165) is 16.5 Å². The van der Waals surface area contributed by atoms with Crippen LogP contribution in [0.5, 0.6) is 0 Å². The number of hydrogen-bond donors (Lipinski definition) is 0. The predicted molar refractivity (Wildman–Crippen MR) is 72.1 cm³/mol. The lowest BCUT2D eigenvalue weighted by Gasteiger charge is -2.06. The Balaban J connectivity index is 2.27. The summed E-state index contributed by atoms with van der Waals surface area (Å²) in [5.41, 5.74) is 2.48. The molecule has 0 atom stereocenters. The standard InChI is InChI=1S/C15H9ClFN/c16-15-13(10-4-2-1-3-5-10)9-11-8-12(17)6-7-14(11)18-15/h1-9H. The lowest BCUT2D eigenvalue weighted by Crippen LogP contribution is -1.87. The number of halogens is 2. The van der Waals surface area contributed by atoms with Gasteiger partial charge in [0.25, 0.3) is 0 Å². The Morgan fingerprint density at radius 2 is 1.72 bits per heavy atom. The zero-order valence-electron chi connectivity index (χ0n) is 9.40. The molecule has 3 heteroatoms. The Hall–Kier alpha value is -1.93. The number of hydrogen-bond acceptors (Lipinski definition) is 1. The fraction of sp³-hybridized carbons (Fsp3) is 0. The first-order valence-corrected chi connectivity index (χ1v) is 5.93. The molecule has 3 rings (SSSR count). The van der Waals surface area contributed by atoms with Crippen molar-refractivity contribution in [1.82, 2.24) is 4.98 Å². The van der Waals surface area contributed by atoms with Crippen LogP contribution in [0.4, 0.5) is 4.39 Å². The highest BCUT2D eigenvalue weighted by atomic mass is 35.5. The van der Waals surface area contributed by atoms with Crippen LogP contribution in [0.2, 0.25) is 5.15 Å². The maximum absolute atomic E-state index is 13.2. The van der Waals surface area contributed by atoms with E-state index in [1.165, 1.54) is 12.1 Å². The Bertz CT molecular complexity index is 710. The van der Waals surface area contributed by atoms with Gasteiger partial charge < -0.3 is 0 Å². The van der Waals surface area contributed by atoms with Gasteiger partial charge >= 0.3 is 0 Å². The van der Waals surface area contributed by atoms with Crippen LogP contribution in [0, 0.1) is 5.82 Å². The van der Waals surface area contributed by atoms with Gasteiger partial charge in [0.1, 0.15) is 11.0 Å². The second-order valence-electron chi connectivity index (χ2n) is 4.03. The average Bonchev–Trinajstić information content (AvgIpc) is 2.39. The van der Waals surface area contributed by atoms with Gasteiger partial charge in [-0.15, -0.1) is 0 Å². The molecule has 1 nitrogen and oxygen atoms in total. The lowest BCUT2D eigenvalue weighted by atomic mass is 10.1. The van der Waals surface area contributed by atoms with Crippen LogP contribution in [0.15, 0.2) is 54.6 Å². The quantitative estimate of drug-likeness (QED) is 0.576. The number of benzene rings is 2. The Kier molecular flexibility index (Phi) is 2.73.